The summed E-state index contributed by atoms with van der Waals surface area (Å²) >= 11 is 1.55. The predicted octanol–water partition coefficient (Wildman–Crippen LogP) is 4.05. The van der Waals surface area contributed by atoms with Crippen LogP contribution in [0.25, 0.3) is 10.2 Å². The van der Waals surface area contributed by atoms with Gasteiger partial charge in [-0.15, -0.1) is 11.3 Å². The molecule has 6 nitrogen and oxygen atoms in total. The molecule has 0 N–H and O–H groups in total. The number of fused-ring (bicyclic) bond motifs is 1. The molecule has 0 radical (unpaired) electrons. The monoisotopic (exact) mass is 412 g/mol. The molecule has 0 aliphatic heterocycles. The maximum Gasteiger partial charge on any atom is 0.344 e. The van der Waals surface area contributed by atoms with Crippen molar-refractivity contribution in [3.8, 4) is 5.75 Å². The van der Waals surface area contributed by atoms with Crippen LogP contribution in [-0.4, -0.2) is 42.0 Å². The molecule has 1 amide bonds. The van der Waals surface area contributed by atoms with E-state index in [1.807, 2.05) is 57.2 Å². The largest absolute Gasteiger partial charge is 0.482 e. The Kier molecular flexibility index (Phi) is 6.49. The summed E-state index contributed by atoms with van der Waals surface area (Å²) in [5.74, 6) is -0.285. The van der Waals surface area contributed by atoms with Crippen LogP contribution in [0.3, 0.4) is 0 Å². The van der Waals surface area contributed by atoms with E-state index < -0.39 is 5.97 Å². The number of nitrogens with zero attached hydrogens (tertiary/aromatic N) is 2. The number of aromatic nitrogens is 1. The van der Waals surface area contributed by atoms with E-state index in [0.29, 0.717) is 5.75 Å². The van der Waals surface area contributed by atoms with Gasteiger partial charge in [0, 0.05) is 7.05 Å². The van der Waals surface area contributed by atoms with Crippen molar-refractivity contribution in [1.29, 1.82) is 0 Å². The summed E-state index contributed by atoms with van der Waals surface area (Å²) in [7, 11) is 1.68. The van der Waals surface area contributed by atoms with Crippen molar-refractivity contribution in [2.75, 3.05) is 20.3 Å². The maximum absolute atomic E-state index is 12.4. The smallest absolute Gasteiger partial charge is 0.344 e. The number of likely N-dealkylation sites (N-methyl/N-ethyl adjacent to an activating group) is 1. The topological polar surface area (TPSA) is 68.7 Å². The van der Waals surface area contributed by atoms with E-state index in [1.165, 1.54) is 4.90 Å². The number of aryl methyl sites for hydroxylation is 2. The molecule has 29 heavy (non-hydrogen) atoms. The van der Waals surface area contributed by atoms with Crippen LogP contribution >= 0.6 is 11.3 Å². The van der Waals surface area contributed by atoms with Crippen LogP contribution < -0.4 is 4.74 Å². The van der Waals surface area contributed by atoms with Crippen LogP contribution in [0.2, 0.25) is 0 Å². The van der Waals surface area contributed by atoms with E-state index in [4.69, 9.17) is 9.47 Å². The zero-order valence-corrected chi connectivity index (χ0v) is 17.8. The lowest BCUT2D eigenvalue weighted by Crippen LogP contribution is -2.34. The Bertz CT molecular complexity index is 998. The molecule has 3 aromatic rings. The summed E-state index contributed by atoms with van der Waals surface area (Å²) in [4.78, 5) is 30.5. The van der Waals surface area contributed by atoms with Crippen LogP contribution in [0.1, 0.15) is 29.1 Å². The Morgan fingerprint density at radius 3 is 2.59 bits per heavy atom. The van der Waals surface area contributed by atoms with Crippen molar-refractivity contribution in [3.05, 3.63) is 58.6 Å². The molecule has 152 valence electrons. The Hall–Kier alpha value is -2.93. The minimum absolute atomic E-state index is 0.217. The third kappa shape index (κ3) is 5.12. The molecular weight excluding hydrogens is 388 g/mol. The van der Waals surface area contributed by atoms with Crippen molar-refractivity contribution in [1.82, 2.24) is 9.88 Å². The fraction of sp³-hybridized carbons (Fsp3) is 0.318. The highest BCUT2D eigenvalue weighted by Gasteiger charge is 2.21. The highest BCUT2D eigenvalue weighted by Crippen LogP contribution is 2.28. The molecular formula is C22H24N2O4S. The minimum Gasteiger partial charge on any atom is -0.482 e. The van der Waals surface area contributed by atoms with Crippen LogP contribution in [0, 0.1) is 13.8 Å². The van der Waals surface area contributed by atoms with Gasteiger partial charge < -0.3 is 14.4 Å². The molecule has 3 rings (SSSR count). The molecule has 2 aromatic carbocycles. The van der Waals surface area contributed by atoms with Gasteiger partial charge in [0.25, 0.3) is 5.91 Å². The second kappa shape index (κ2) is 9.05. The fourth-order valence-corrected chi connectivity index (χ4v) is 3.74. The minimum atomic E-state index is -0.586. The SMILES string of the molecule is Cc1ccc(OCC(=O)OCC(=O)N(C)[C@H](C)c2nc3ccccc3s2)cc1C. The highest BCUT2D eigenvalue weighted by atomic mass is 32.1. The van der Waals surface area contributed by atoms with Crippen molar-refractivity contribution in [2.45, 2.75) is 26.8 Å². The van der Waals surface area contributed by atoms with Crippen LogP contribution in [0.4, 0.5) is 0 Å². The van der Waals surface area contributed by atoms with Crippen LogP contribution in [0.15, 0.2) is 42.5 Å². The van der Waals surface area contributed by atoms with Gasteiger partial charge in [0.15, 0.2) is 13.2 Å². The summed E-state index contributed by atoms with van der Waals surface area (Å²) in [6.45, 7) is 5.31. The molecule has 0 unspecified atom stereocenters. The Morgan fingerprint density at radius 1 is 1.10 bits per heavy atom. The molecule has 0 fully saturated rings. The van der Waals surface area contributed by atoms with E-state index in [9.17, 15) is 9.59 Å². The summed E-state index contributed by atoms with van der Waals surface area (Å²) in [6.07, 6.45) is 0. The average Bonchev–Trinajstić information content (AvgIpc) is 3.16. The third-order valence-corrected chi connectivity index (χ3v) is 6.04. The highest BCUT2D eigenvalue weighted by molar-refractivity contribution is 7.18. The number of esters is 1. The van der Waals surface area contributed by atoms with Crippen molar-refractivity contribution in [2.24, 2.45) is 0 Å². The normalized spacial score (nSPS) is 11.9. The molecule has 0 saturated carbocycles. The van der Waals surface area contributed by atoms with Crippen molar-refractivity contribution in [3.63, 3.8) is 0 Å². The number of hydrogen-bond donors (Lipinski definition) is 0. The number of thiazole rings is 1. The summed E-state index contributed by atoms with van der Waals surface area (Å²) in [5, 5.41) is 0.839. The summed E-state index contributed by atoms with van der Waals surface area (Å²) < 4.78 is 11.6. The fourth-order valence-electron chi connectivity index (χ4n) is 2.68. The van der Waals surface area contributed by atoms with Gasteiger partial charge >= 0.3 is 5.97 Å². The third-order valence-electron chi connectivity index (χ3n) is 4.83. The molecule has 0 aliphatic carbocycles. The van der Waals surface area contributed by atoms with Gasteiger partial charge in [0.1, 0.15) is 10.8 Å². The Balaban J connectivity index is 1.49. The number of amides is 1. The first-order valence-electron chi connectivity index (χ1n) is 9.32. The standard InChI is InChI=1S/C22H24N2O4S/c1-14-9-10-17(11-15(14)2)27-13-21(26)28-12-20(25)24(4)16(3)22-23-18-7-5-6-8-19(18)29-22/h5-11,16H,12-13H2,1-4H3/t16-/m1/s1. The number of benzene rings is 2. The Labute approximate surface area is 174 Å². The predicted molar refractivity (Wildman–Crippen MR) is 113 cm³/mol. The zero-order valence-electron chi connectivity index (χ0n) is 17.0. The van der Waals surface area contributed by atoms with Gasteiger partial charge in [-0.25, -0.2) is 9.78 Å². The number of rotatable bonds is 7. The molecule has 7 heteroatoms. The lowest BCUT2D eigenvalue weighted by molar-refractivity contribution is -0.153. The van der Waals surface area contributed by atoms with Gasteiger partial charge in [-0.2, -0.15) is 0 Å². The maximum atomic E-state index is 12.4. The average molecular weight is 413 g/mol. The first-order chi connectivity index (χ1) is 13.8. The molecule has 0 saturated heterocycles. The number of carbonyl (C=O) groups excluding carboxylic acids is 2. The summed E-state index contributed by atoms with van der Waals surface area (Å²) in [6, 6.07) is 13.2. The number of para-hydroxylation sites is 1. The van der Waals surface area contributed by atoms with Crippen LogP contribution in [-0.2, 0) is 14.3 Å². The molecule has 1 aromatic heterocycles. The number of hydrogen-bond acceptors (Lipinski definition) is 6. The lowest BCUT2D eigenvalue weighted by Gasteiger charge is -2.23. The Morgan fingerprint density at radius 2 is 1.86 bits per heavy atom. The first kappa shape index (κ1) is 20.8. The van der Waals surface area contributed by atoms with Gasteiger partial charge in [0.05, 0.1) is 16.3 Å². The van der Waals surface area contributed by atoms with Gasteiger partial charge in [-0.3, -0.25) is 4.79 Å². The van der Waals surface area contributed by atoms with E-state index >= 15 is 0 Å². The van der Waals surface area contributed by atoms with Gasteiger partial charge in [0.2, 0.25) is 0 Å². The molecule has 1 atom stereocenters. The molecule has 0 bridgehead atoms. The quantitative estimate of drug-likeness (QED) is 0.548. The molecule has 1 heterocycles. The van der Waals surface area contributed by atoms with Crippen molar-refractivity contribution < 1.29 is 19.1 Å². The molecule has 0 aliphatic rings. The second-order valence-electron chi connectivity index (χ2n) is 6.90. The zero-order chi connectivity index (χ0) is 21.0. The van der Waals surface area contributed by atoms with E-state index in [-0.39, 0.29) is 25.2 Å². The van der Waals surface area contributed by atoms with E-state index in [0.717, 1.165) is 26.4 Å². The second-order valence-corrected chi connectivity index (χ2v) is 7.96. The molecule has 0 spiro atoms. The van der Waals surface area contributed by atoms with Crippen molar-refractivity contribution >= 4 is 33.4 Å². The lowest BCUT2D eigenvalue weighted by atomic mass is 10.1. The van der Waals surface area contributed by atoms with E-state index in [2.05, 4.69) is 4.98 Å². The summed E-state index contributed by atoms with van der Waals surface area (Å²) in [5.41, 5.74) is 3.14. The first-order valence-corrected chi connectivity index (χ1v) is 10.1. The van der Waals surface area contributed by atoms with E-state index in [1.54, 1.807) is 24.5 Å². The van der Waals surface area contributed by atoms with Gasteiger partial charge in [-0.1, -0.05) is 18.2 Å². The number of carbonyl (C=O) groups is 2. The van der Waals surface area contributed by atoms with Gasteiger partial charge in [-0.05, 0) is 56.2 Å². The number of ether oxygens (including phenoxy) is 2. The van der Waals surface area contributed by atoms with Crippen LogP contribution in [0.5, 0.6) is 5.75 Å².